The fourth-order valence-electron chi connectivity index (χ4n) is 4.88. The summed E-state index contributed by atoms with van der Waals surface area (Å²) >= 11 is 4.63. The second-order valence-electron chi connectivity index (χ2n) is 8.04. The van der Waals surface area contributed by atoms with Crippen LogP contribution in [0.25, 0.3) is 0 Å². The van der Waals surface area contributed by atoms with Gasteiger partial charge in [0.25, 0.3) is 0 Å². The first-order chi connectivity index (χ1) is 13.6. The summed E-state index contributed by atoms with van der Waals surface area (Å²) in [6.45, 7) is 4.64. The Kier molecular flexibility index (Phi) is 5.34. The van der Waals surface area contributed by atoms with Crippen LogP contribution in [0.2, 0.25) is 0 Å². The van der Waals surface area contributed by atoms with Crippen LogP contribution in [0.1, 0.15) is 33.1 Å². The molecule has 2 heteroatoms. The first-order valence-corrected chi connectivity index (χ1v) is 14.4. The van der Waals surface area contributed by atoms with Crippen LogP contribution in [0, 0.1) is 0 Å². The van der Waals surface area contributed by atoms with E-state index in [1.807, 2.05) is 0 Å². The fourth-order valence-corrected chi connectivity index (χ4v) is 13.7. The summed E-state index contributed by atoms with van der Waals surface area (Å²) in [5, 5.41) is 1.46. The zero-order valence-corrected chi connectivity index (χ0v) is 19.2. The van der Waals surface area contributed by atoms with Crippen molar-refractivity contribution in [1.82, 2.24) is 0 Å². The monoisotopic (exact) mass is 450 g/mol. The maximum absolute atomic E-state index is 4.63. The molecule has 0 bridgehead atoms. The first-order valence-electron chi connectivity index (χ1n) is 10.1. The third kappa shape index (κ3) is 2.92. The summed E-state index contributed by atoms with van der Waals surface area (Å²) < 4.78 is 0. The molecule has 0 fully saturated rings. The molecule has 4 rings (SSSR count). The van der Waals surface area contributed by atoms with Crippen molar-refractivity contribution in [3.05, 3.63) is 102 Å². The molecule has 1 aliphatic rings. The minimum atomic E-state index is -2.84. The third-order valence-corrected chi connectivity index (χ3v) is 17.8. The average molecular weight is 451 g/mol. The van der Waals surface area contributed by atoms with Crippen LogP contribution >= 0.6 is 20.8 Å². The molecular formula is C26H28BrP. The summed E-state index contributed by atoms with van der Waals surface area (Å²) in [5.74, 6) is 0. The van der Waals surface area contributed by atoms with Crippen molar-refractivity contribution in [3.63, 3.8) is 0 Å². The molecule has 0 amide bonds. The zero-order valence-electron chi connectivity index (χ0n) is 16.7. The Morgan fingerprint density at radius 2 is 1.04 bits per heavy atom. The summed E-state index contributed by atoms with van der Waals surface area (Å²) in [6, 6.07) is 33.6. The quantitative estimate of drug-likeness (QED) is 0.305. The van der Waals surface area contributed by atoms with Crippen molar-refractivity contribution in [3.8, 4) is 0 Å². The molecule has 0 spiro atoms. The van der Waals surface area contributed by atoms with Crippen LogP contribution in [0.4, 0.5) is 0 Å². The molecule has 0 N–H and O–H groups in total. The van der Waals surface area contributed by atoms with Crippen LogP contribution in [0.5, 0.6) is 0 Å². The van der Waals surface area contributed by atoms with Gasteiger partial charge < -0.3 is 0 Å². The number of halogens is 1. The Labute approximate surface area is 177 Å². The molecule has 0 aromatic heterocycles. The molecule has 0 saturated heterocycles. The van der Waals surface area contributed by atoms with Gasteiger partial charge >= 0.3 is 178 Å². The van der Waals surface area contributed by atoms with E-state index in [-0.39, 0.29) is 0 Å². The predicted octanol–water partition coefficient (Wildman–Crippen LogP) is 6.72. The van der Waals surface area contributed by atoms with Crippen LogP contribution in [0.15, 0.2) is 102 Å². The molecule has 3 aromatic rings. The molecule has 0 aliphatic heterocycles. The topological polar surface area (TPSA) is 0 Å². The van der Waals surface area contributed by atoms with Crippen LogP contribution in [-0.4, -0.2) is 5.66 Å². The zero-order chi connectivity index (χ0) is 19.6. The number of rotatable bonds is 4. The number of hydrogen-bond acceptors (Lipinski definition) is 0. The van der Waals surface area contributed by atoms with Gasteiger partial charge in [-0.1, -0.05) is 0 Å². The summed E-state index contributed by atoms with van der Waals surface area (Å²) in [4.78, 5) is 0. The Hall–Kier alpha value is -1.69. The van der Waals surface area contributed by atoms with E-state index in [2.05, 4.69) is 120 Å². The van der Waals surface area contributed by atoms with Gasteiger partial charge in [0.05, 0.1) is 0 Å². The molecule has 28 heavy (non-hydrogen) atoms. The normalized spacial score (nSPS) is 19.1. The van der Waals surface area contributed by atoms with Gasteiger partial charge in [-0.25, -0.2) is 0 Å². The summed E-state index contributed by atoms with van der Waals surface area (Å²) in [7, 11) is 0. The van der Waals surface area contributed by atoms with E-state index in [0.29, 0.717) is 5.66 Å². The number of benzene rings is 3. The average Bonchev–Trinajstić information content (AvgIpc) is 2.77. The maximum atomic E-state index is 4.63. The first kappa shape index (κ1) is 19.6. The van der Waals surface area contributed by atoms with Gasteiger partial charge in [0, 0.05) is 0 Å². The Morgan fingerprint density at radius 1 is 0.643 bits per heavy atom. The minimum absolute atomic E-state index is 0.543. The van der Waals surface area contributed by atoms with E-state index < -0.39 is 5.31 Å². The van der Waals surface area contributed by atoms with E-state index in [1.54, 1.807) is 11.1 Å². The number of allylic oxidation sites excluding steroid dienone is 2. The van der Waals surface area contributed by atoms with Crippen molar-refractivity contribution in [2.24, 2.45) is 0 Å². The van der Waals surface area contributed by atoms with E-state index in [1.165, 1.54) is 28.8 Å². The Balaban J connectivity index is 2.10. The third-order valence-electron chi connectivity index (χ3n) is 6.59. The van der Waals surface area contributed by atoms with Gasteiger partial charge in [0.2, 0.25) is 0 Å². The molecule has 1 unspecified atom stereocenters. The second kappa shape index (κ2) is 7.62. The van der Waals surface area contributed by atoms with Crippen LogP contribution < -0.4 is 15.9 Å². The summed E-state index contributed by atoms with van der Waals surface area (Å²) in [5.41, 5.74) is 3.68. The Bertz CT molecular complexity index is 877. The summed E-state index contributed by atoms with van der Waals surface area (Å²) in [6.07, 6.45) is 3.55. The van der Waals surface area contributed by atoms with Gasteiger partial charge in [0.1, 0.15) is 0 Å². The van der Waals surface area contributed by atoms with Gasteiger partial charge in [-0.05, 0) is 0 Å². The fraction of sp³-hybridized carbons (Fsp3) is 0.231. The van der Waals surface area contributed by atoms with Crippen LogP contribution in [0.3, 0.4) is 0 Å². The van der Waals surface area contributed by atoms with E-state index in [9.17, 15) is 0 Å². The molecule has 3 aromatic carbocycles. The SMILES string of the molecule is CC1=C(C)CC(P(Br)(c2ccccc2)(c2ccccc2)c2ccccc2)CC1. The molecule has 1 aliphatic carbocycles. The van der Waals surface area contributed by atoms with Crippen molar-refractivity contribution < 1.29 is 0 Å². The molecule has 144 valence electrons. The second-order valence-corrected chi connectivity index (χ2v) is 16.9. The van der Waals surface area contributed by atoms with Gasteiger partial charge in [-0.2, -0.15) is 0 Å². The van der Waals surface area contributed by atoms with E-state index >= 15 is 0 Å². The van der Waals surface area contributed by atoms with Crippen molar-refractivity contribution in [2.75, 3.05) is 0 Å². The molecule has 1 atom stereocenters. The molecule has 0 saturated carbocycles. The predicted molar refractivity (Wildman–Crippen MR) is 130 cm³/mol. The molecular weight excluding hydrogens is 423 g/mol. The van der Waals surface area contributed by atoms with Crippen molar-refractivity contribution in [1.29, 1.82) is 0 Å². The van der Waals surface area contributed by atoms with E-state index in [4.69, 9.17) is 0 Å². The van der Waals surface area contributed by atoms with Crippen molar-refractivity contribution >= 4 is 36.7 Å². The Morgan fingerprint density at radius 3 is 1.39 bits per heavy atom. The van der Waals surface area contributed by atoms with Gasteiger partial charge in [-0.15, -0.1) is 0 Å². The standard InChI is InChI=1S/C26H28BrP/c1-21-18-19-26(20-22(21)2)28(27,23-12-6-3-7-13-23,24-14-8-4-9-15-24)25-16-10-5-11-17-25/h3-17,26H,18-20H2,1-2H3. The van der Waals surface area contributed by atoms with Gasteiger partial charge in [0.15, 0.2) is 0 Å². The van der Waals surface area contributed by atoms with Gasteiger partial charge in [-0.3, -0.25) is 0 Å². The number of hydrogen-bond donors (Lipinski definition) is 0. The molecule has 0 radical (unpaired) electrons. The molecule has 0 heterocycles. The van der Waals surface area contributed by atoms with E-state index in [0.717, 1.165) is 6.42 Å². The molecule has 0 nitrogen and oxygen atoms in total. The van der Waals surface area contributed by atoms with Crippen molar-refractivity contribution in [2.45, 2.75) is 38.8 Å². The van der Waals surface area contributed by atoms with Crippen LogP contribution in [-0.2, 0) is 0 Å².